The number of sulfone groups is 1. The van der Waals surface area contributed by atoms with Crippen LogP contribution in [0.3, 0.4) is 0 Å². The van der Waals surface area contributed by atoms with Crippen LogP contribution in [0.5, 0.6) is 0 Å². The second-order valence-corrected chi connectivity index (χ2v) is 8.40. The van der Waals surface area contributed by atoms with Crippen molar-refractivity contribution < 1.29 is 8.42 Å². The molecule has 2 aromatic rings. The molecule has 24 heavy (non-hydrogen) atoms. The molecule has 130 valence electrons. The SMILES string of the molecule is O=S(=O)(CCCN1CCCC[C@H]1Cn1cncn1)c1ccccc1. The number of hydrogen-bond donors (Lipinski definition) is 0. The van der Waals surface area contributed by atoms with E-state index >= 15 is 0 Å². The van der Waals surface area contributed by atoms with E-state index in [0.29, 0.717) is 17.4 Å². The van der Waals surface area contributed by atoms with Crippen LogP contribution in [0.4, 0.5) is 0 Å². The van der Waals surface area contributed by atoms with Crippen molar-refractivity contribution in [3.8, 4) is 0 Å². The molecule has 7 heteroatoms. The summed E-state index contributed by atoms with van der Waals surface area (Å²) >= 11 is 0. The summed E-state index contributed by atoms with van der Waals surface area (Å²) in [5, 5.41) is 4.19. The Hall–Kier alpha value is -1.73. The van der Waals surface area contributed by atoms with Gasteiger partial charge < -0.3 is 0 Å². The highest BCUT2D eigenvalue weighted by Crippen LogP contribution is 2.19. The fraction of sp³-hybridized carbons (Fsp3) is 0.529. The highest BCUT2D eigenvalue weighted by Gasteiger charge is 2.23. The van der Waals surface area contributed by atoms with Gasteiger partial charge in [0.25, 0.3) is 0 Å². The van der Waals surface area contributed by atoms with Crippen molar-refractivity contribution >= 4 is 9.84 Å². The van der Waals surface area contributed by atoms with E-state index < -0.39 is 9.84 Å². The molecule has 6 nitrogen and oxygen atoms in total. The summed E-state index contributed by atoms with van der Waals surface area (Å²) in [4.78, 5) is 6.82. The number of hydrogen-bond acceptors (Lipinski definition) is 5. The Bertz CT molecular complexity index is 716. The Morgan fingerprint density at radius 2 is 2.00 bits per heavy atom. The summed E-state index contributed by atoms with van der Waals surface area (Å²) in [5.74, 6) is 0.198. The molecular formula is C17H24N4O2S. The number of benzene rings is 1. The minimum Gasteiger partial charge on any atom is -0.299 e. The van der Waals surface area contributed by atoms with Crippen LogP contribution in [0.1, 0.15) is 25.7 Å². The number of likely N-dealkylation sites (tertiary alicyclic amines) is 1. The molecule has 0 N–H and O–H groups in total. The monoisotopic (exact) mass is 348 g/mol. The molecule has 0 unspecified atom stereocenters. The third kappa shape index (κ3) is 4.42. The zero-order valence-corrected chi connectivity index (χ0v) is 14.6. The maximum Gasteiger partial charge on any atom is 0.178 e. The first-order valence-electron chi connectivity index (χ1n) is 8.49. The average Bonchev–Trinajstić information content (AvgIpc) is 3.10. The zero-order chi connectivity index (χ0) is 16.8. The van der Waals surface area contributed by atoms with Crippen LogP contribution in [0, 0.1) is 0 Å². The number of aromatic nitrogens is 3. The second-order valence-electron chi connectivity index (χ2n) is 6.29. The van der Waals surface area contributed by atoms with E-state index in [-0.39, 0.29) is 5.75 Å². The predicted molar refractivity (Wildman–Crippen MR) is 92.3 cm³/mol. The highest BCUT2D eigenvalue weighted by atomic mass is 32.2. The molecule has 0 bridgehead atoms. The van der Waals surface area contributed by atoms with Crippen LogP contribution in [0.15, 0.2) is 47.9 Å². The Balaban J connectivity index is 1.54. The van der Waals surface area contributed by atoms with Crippen LogP contribution in [-0.2, 0) is 16.4 Å². The van der Waals surface area contributed by atoms with Gasteiger partial charge in [0.05, 0.1) is 17.2 Å². The first-order chi connectivity index (χ1) is 11.6. The van der Waals surface area contributed by atoms with Crippen molar-refractivity contribution in [2.24, 2.45) is 0 Å². The van der Waals surface area contributed by atoms with Crippen LogP contribution in [0.25, 0.3) is 0 Å². The molecule has 1 atom stereocenters. The fourth-order valence-corrected chi connectivity index (χ4v) is 4.62. The van der Waals surface area contributed by atoms with Crippen LogP contribution in [-0.4, -0.2) is 53.0 Å². The van der Waals surface area contributed by atoms with E-state index in [1.807, 2.05) is 10.7 Å². The predicted octanol–water partition coefficient (Wildman–Crippen LogP) is 2.00. The van der Waals surface area contributed by atoms with Crippen LogP contribution < -0.4 is 0 Å². The van der Waals surface area contributed by atoms with Crippen molar-refractivity contribution in [1.29, 1.82) is 0 Å². The Morgan fingerprint density at radius 1 is 1.17 bits per heavy atom. The Kier molecular flexibility index (Phi) is 5.63. The summed E-state index contributed by atoms with van der Waals surface area (Å²) in [7, 11) is -3.18. The van der Waals surface area contributed by atoms with Gasteiger partial charge in [0.1, 0.15) is 12.7 Å². The molecule has 1 aliphatic rings. The molecule has 1 aliphatic heterocycles. The van der Waals surface area contributed by atoms with Crippen LogP contribution in [0.2, 0.25) is 0 Å². The number of nitrogens with zero attached hydrogens (tertiary/aromatic N) is 4. The molecule has 0 saturated carbocycles. The van der Waals surface area contributed by atoms with Crippen molar-refractivity contribution in [3.63, 3.8) is 0 Å². The van der Waals surface area contributed by atoms with E-state index in [2.05, 4.69) is 15.0 Å². The van der Waals surface area contributed by atoms with Gasteiger partial charge in [-0.2, -0.15) is 5.10 Å². The fourth-order valence-electron chi connectivity index (χ4n) is 3.31. The summed E-state index contributed by atoms with van der Waals surface area (Å²) < 4.78 is 26.6. The van der Waals surface area contributed by atoms with E-state index in [4.69, 9.17) is 0 Å². The summed E-state index contributed by atoms with van der Waals surface area (Å²) in [6.45, 7) is 2.67. The van der Waals surface area contributed by atoms with Crippen molar-refractivity contribution in [1.82, 2.24) is 19.7 Å². The van der Waals surface area contributed by atoms with Crippen molar-refractivity contribution in [2.45, 2.75) is 43.2 Å². The lowest BCUT2D eigenvalue weighted by molar-refractivity contribution is 0.130. The molecule has 1 aromatic carbocycles. The first-order valence-corrected chi connectivity index (χ1v) is 10.1. The summed E-state index contributed by atoms with van der Waals surface area (Å²) in [6, 6.07) is 9.13. The van der Waals surface area contributed by atoms with E-state index in [1.54, 1.807) is 36.9 Å². The largest absolute Gasteiger partial charge is 0.299 e. The van der Waals surface area contributed by atoms with E-state index in [9.17, 15) is 8.42 Å². The average molecular weight is 348 g/mol. The minimum atomic E-state index is -3.18. The molecule has 3 rings (SSSR count). The van der Waals surface area contributed by atoms with Gasteiger partial charge in [-0.3, -0.25) is 9.58 Å². The topological polar surface area (TPSA) is 68.1 Å². The second kappa shape index (κ2) is 7.90. The smallest absolute Gasteiger partial charge is 0.178 e. The number of piperidine rings is 1. The zero-order valence-electron chi connectivity index (χ0n) is 13.8. The normalized spacial score (nSPS) is 19.4. The number of rotatable bonds is 7. The summed E-state index contributed by atoms with van der Waals surface area (Å²) in [6.07, 6.45) is 7.49. The lowest BCUT2D eigenvalue weighted by atomic mass is 10.0. The molecular weight excluding hydrogens is 324 g/mol. The van der Waals surface area contributed by atoms with Gasteiger partial charge in [0.15, 0.2) is 9.84 Å². The van der Waals surface area contributed by atoms with Gasteiger partial charge in [-0.05, 0) is 44.5 Å². The molecule has 2 heterocycles. The van der Waals surface area contributed by atoms with Gasteiger partial charge >= 0.3 is 0 Å². The third-order valence-corrected chi connectivity index (χ3v) is 6.39. The van der Waals surface area contributed by atoms with E-state index in [0.717, 1.165) is 26.1 Å². The Morgan fingerprint density at radius 3 is 2.75 bits per heavy atom. The maximum atomic E-state index is 12.4. The molecule has 1 aromatic heterocycles. The van der Waals surface area contributed by atoms with E-state index in [1.165, 1.54) is 12.8 Å². The molecule has 1 fully saturated rings. The van der Waals surface area contributed by atoms with Gasteiger partial charge in [-0.1, -0.05) is 24.6 Å². The van der Waals surface area contributed by atoms with Gasteiger partial charge in [-0.25, -0.2) is 13.4 Å². The molecule has 1 saturated heterocycles. The quantitative estimate of drug-likeness (QED) is 0.765. The maximum absolute atomic E-state index is 12.4. The standard InChI is InChI=1S/C17H24N4O2S/c22-24(23,17-8-2-1-3-9-17)12-6-11-20-10-5-4-7-16(20)13-21-15-18-14-19-21/h1-3,8-9,14-16H,4-7,10-13H2/t16-/m0/s1. The lowest BCUT2D eigenvalue weighted by Crippen LogP contribution is -2.43. The highest BCUT2D eigenvalue weighted by molar-refractivity contribution is 7.91. The third-order valence-electron chi connectivity index (χ3n) is 4.57. The van der Waals surface area contributed by atoms with Gasteiger partial charge in [0.2, 0.25) is 0 Å². The summed E-state index contributed by atoms with van der Waals surface area (Å²) in [5.41, 5.74) is 0. The Labute approximate surface area is 143 Å². The van der Waals surface area contributed by atoms with Crippen molar-refractivity contribution in [3.05, 3.63) is 43.0 Å². The molecule has 0 spiro atoms. The lowest BCUT2D eigenvalue weighted by Gasteiger charge is -2.35. The van der Waals surface area contributed by atoms with Gasteiger partial charge in [0, 0.05) is 6.04 Å². The van der Waals surface area contributed by atoms with Crippen LogP contribution >= 0.6 is 0 Å². The molecule has 0 aliphatic carbocycles. The first kappa shape index (κ1) is 17.1. The molecule has 0 radical (unpaired) electrons. The van der Waals surface area contributed by atoms with Crippen molar-refractivity contribution in [2.75, 3.05) is 18.8 Å². The van der Waals surface area contributed by atoms with Gasteiger partial charge in [-0.15, -0.1) is 0 Å². The molecule has 0 amide bonds. The minimum absolute atomic E-state index is 0.198.